The first-order valence-corrected chi connectivity index (χ1v) is 7.58. The maximum Gasteiger partial charge on any atom is 0.126 e. The van der Waals surface area contributed by atoms with E-state index in [1.165, 1.54) is 10.9 Å². The van der Waals surface area contributed by atoms with Crippen LogP contribution in [0, 0.1) is 12.7 Å². The number of thiophene rings is 1. The molecule has 4 heteroatoms. The van der Waals surface area contributed by atoms with Crippen molar-refractivity contribution >= 4 is 17.0 Å². The van der Waals surface area contributed by atoms with Crippen LogP contribution in [0.25, 0.3) is 0 Å². The summed E-state index contributed by atoms with van der Waals surface area (Å²) in [6.07, 6.45) is 0.272. The van der Waals surface area contributed by atoms with Crippen LogP contribution in [0.4, 0.5) is 10.1 Å². The molecule has 0 saturated carbocycles. The van der Waals surface area contributed by atoms with Crippen molar-refractivity contribution in [3.63, 3.8) is 0 Å². The molecule has 108 valence electrons. The van der Waals surface area contributed by atoms with Gasteiger partial charge in [0, 0.05) is 29.7 Å². The van der Waals surface area contributed by atoms with E-state index < -0.39 is 6.10 Å². The van der Waals surface area contributed by atoms with Gasteiger partial charge in [0.2, 0.25) is 0 Å². The van der Waals surface area contributed by atoms with E-state index in [9.17, 15) is 9.50 Å². The van der Waals surface area contributed by atoms with E-state index in [0.717, 1.165) is 18.7 Å². The second-order valence-corrected chi connectivity index (χ2v) is 6.12. The molecule has 20 heavy (non-hydrogen) atoms. The lowest BCUT2D eigenvalue weighted by molar-refractivity contribution is 0.199. The number of rotatable bonds is 5. The van der Waals surface area contributed by atoms with Gasteiger partial charge in [0.25, 0.3) is 0 Å². The zero-order valence-corrected chi connectivity index (χ0v) is 12.9. The second-order valence-electron chi connectivity index (χ2n) is 5.09. The minimum Gasteiger partial charge on any atom is -0.389 e. The van der Waals surface area contributed by atoms with Gasteiger partial charge in [0.15, 0.2) is 0 Å². The minimum absolute atomic E-state index is 0.267. The molecule has 2 rings (SSSR count). The van der Waals surface area contributed by atoms with E-state index in [0.29, 0.717) is 11.1 Å². The number of anilines is 1. The molecule has 0 aliphatic heterocycles. The summed E-state index contributed by atoms with van der Waals surface area (Å²) >= 11 is 1.74. The number of benzene rings is 1. The van der Waals surface area contributed by atoms with Gasteiger partial charge in [0.05, 0.1) is 6.10 Å². The third-order valence-corrected chi connectivity index (χ3v) is 4.38. The number of aryl methyl sites for hydroxylation is 1. The van der Waals surface area contributed by atoms with Gasteiger partial charge < -0.3 is 10.0 Å². The number of likely N-dealkylation sites (N-methyl/N-ethyl adjacent to an activating group) is 1. The van der Waals surface area contributed by atoms with Crippen LogP contribution in [0.1, 0.15) is 29.0 Å². The smallest absolute Gasteiger partial charge is 0.126 e. The van der Waals surface area contributed by atoms with E-state index in [1.54, 1.807) is 25.2 Å². The zero-order valence-electron chi connectivity index (χ0n) is 12.1. The number of halogens is 1. The van der Waals surface area contributed by atoms with Gasteiger partial charge in [0.1, 0.15) is 5.82 Å². The number of aliphatic hydroxyl groups is 1. The Morgan fingerprint density at radius 3 is 2.75 bits per heavy atom. The highest BCUT2D eigenvalue weighted by Crippen LogP contribution is 2.29. The van der Waals surface area contributed by atoms with Crippen LogP contribution < -0.4 is 4.90 Å². The van der Waals surface area contributed by atoms with Crippen molar-refractivity contribution in [1.82, 2.24) is 0 Å². The van der Waals surface area contributed by atoms with Crippen molar-refractivity contribution in [2.45, 2.75) is 26.4 Å². The van der Waals surface area contributed by atoms with Crippen LogP contribution in [-0.2, 0) is 6.42 Å². The van der Waals surface area contributed by atoms with Crippen molar-refractivity contribution < 1.29 is 9.50 Å². The summed E-state index contributed by atoms with van der Waals surface area (Å²) in [6.45, 7) is 4.25. The van der Waals surface area contributed by atoms with Gasteiger partial charge >= 0.3 is 0 Å². The molecule has 2 aromatic rings. The summed E-state index contributed by atoms with van der Waals surface area (Å²) < 4.78 is 13.7. The van der Waals surface area contributed by atoms with Crippen LogP contribution in [0.15, 0.2) is 29.6 Å². The number of hydrogen-bond acceptors (Lipinski definition) is 3. The fourth-order valence-electron chi connectivity index (χ4n) is 2.20. The Hall–Kier alpha value is -1.39. The van der Waals surface area contributed by atoms with Crippen LogP contribution in [0.5, 0.6) is 0 Å². The van der Waals surface area contributed by atoms with Crippen molar-refractivity contribution in [1.29, 1.82) is 0 Å². The summed E-state index contributed by atoms with van der Waals surface area (Å²) in [5.74, 6) is -0.267. The number of aliphatic hydroxyl groups excluding tert-OH is 1. The largest absolute Gasteiger partial charge is 0.389 e. The first-order chi connectivity index (χ1) is 9.49. The minimum atomic E-state index is -0.677. The molecule has 0 bridgehead atoms. The molecule has 1 N–H and O–H groups in total. The monoisotopic (exact) mass is 293 g/mol. The van der Waals surface area contributed by atoms with Crippen molar-refractivity contribution in [3.05, 3.63) is 51.5 Å². The van der Waals surface area contributed by atoms with Gasteiger partial charge in [-0.25, -0.2) is 4.39 Å². The summed E-state index contributed by atoms with van der Waals surface area (Å²) in [6, 6.07) is 7.41. The molecule has 2 nitrogen and oxygen atoms in total. The fraction of sp³-hybridized carbons (Fsp3) is 0.375. The molecule has 1 heterocycles. The SMILES string of the molecule is Cc1cc(N(C)CCc2cccs2)c([C@@H](C)O)cc1F. The molecule has 0 amide bonds. The van der Waals surface area contributed by atoms with Gasteiger partial charge in [-0.05, 0) is 49.4 Å². The Kier molecular flexibility index (Phi) is 4.78. The van der Waals surface area contributed by atoms with Crippen molar-refractivity contribution in [3.8, 4) is 0 Å². The third kappa shape index (κ3) is 3.38. The highest BCUT2D eigenvalue weighted by molar-refractivity contribution is 7.09. The third-order valence-electron chi connectivity index (χ3n) is 3.44. The molecule has 0 spiro atoms. The topological polar surface area (TPSA) is 23.5 Å². The number of nitrogens with zero attached hydrogens (tertiary/aromatic N) is 1. The maximum absolute atomic E-state index is 13.7. The lowest BCUT2D eigenvalue weighted by Gasteiger charge is -2.24. The summed E-state index contributed by atoms with van der Waals surface area (Å²) in [7, 11) is 1.98. The van der Waals surface area contributed by atoms with Crippen LogP contribution in [0.3, 0.4) is 0 Å². The van der Waals surface area contributed by atoms with Gasteiger partial charge in [-0.1, -0.05) is 6.07 Å². The molecule has 1 aromatic carbocycles. The van der Waals surface area contributed by atoms with Crippen molar-refractivity contribution in [2.24, 2.45) is 0 Å². The lowest BCUT2D eigenvalue weighted by Crippen LogP contribution is -2.22. The lowest BCUT2D eigenvalue weighted by atomic mass is 10.0. The highest BCUT2D eigenvalue weighted by atomic mass is 32.1. The van der Waals surface area contributed by atoms with Crippen molar-refractivity contribution in [2.75, 3.05) is 18.5 Å². The molecular formula is C16H20FNOS. The first-order valence-electron chi connectivity index (χ1n) is 6.70. The van der Waals surface area contributed by atoms with Gasteiger partial charge in [-0.3, -0.25) is 0 Å². The molecule has 1 atom stereocenters. The van der Waals surface area contributed by atoms with E-state index in [2.05, 4.69) is 16.3 Å². The Morgan fingerprint density at radius 1 is 1.40 bits per heavy atom. The highest BCUT2D eigenvalue weighted by Gasteiger charge is 2.15. The molecule has 0 aliphatic carbocycles. The molecule has 0 unspecified atom stereocenters. The molecule has 0 aliphatic rings. The maximum atomic E-state index is 13.7. The molecule has 0 fully saturated rings. The molecular weight excluding hydrogens is 273 g/mol. The predicted molar refractivity (Wildman–Crippen MR) is 83.1 cm³/mol. The van der Waals surface area contributed by atoms with Crippen LogP contribution >= 0.6 is 11.3 Å². The van der Waals surface area contributed by atoms with Gasteiger partial charge in [-0.15, -0.1) is 11.3 Å². The Bertz CT molecular complexity index is 566. The zero-order chi connectivity index (χ0) is 14.7. The van der Waals surface area contributed by atoms with Gasteiger partial charge in [-0.2, -0.15) is 0 Å². The molecule has 0 saturated heterocycles. The standard InChI is InChI=1S/C16H20FNOS/c1-11-9-16(14(12(2)19)10-15(11)17)18(3)7-6-13-5-4-8-20-13/h4-5,8-10,12,19H,6-7H2,1-3H3/t12-/m1/s1. The molecule has 1 aromatic heterocycles. The fourth-order valence-corrected chi connectivity index (χ4v) is 2.90. The summed E-state index contributed by atoms with van der Waals surface area (Å²) in [5, 5.41) is 11.9. The molecule has 0 radical (unpaired) electrons. The Labute approximate surface area is 123 Å². The second kappa shape index (κ2) is 6.37. The predicted octanol–water partition coefficient (Wildman–Crippen LogP) is 3.93. The number of hydrogen-bond donors (Lipinski definition) is 1. The van der Waals surface area contributed by atoms with E-state index in [1.807, 2.05) is 19.2 Å². The van der Waals surface area contributed by atoms with E-state index in [4.69, 9.17) is 0 Å². The van der Waals surface area contributed by atoms with E-state index >= 15 is 0 Å². The van der Waals surface area contributed by atoms with Crippen LogP contribution in [0.2, 0.25) is 0 Å². The quantitative estimate of drug-likeness (QED) is 0.903. The van der Waals surface area contributed by atoms with E-state index in [-0.39, 0.29) is 5.82 Å². The first kappa shape index (κ1) is 15.0. The Morgan fingerprint density at radius 2 is 2.15 bits per heavy atom. The average molecular weight is 293 g/mol. The Balaban J connectivity index is 2.19. The summed E-state index contributed by atoms with van der Waals surface area (Å²) in [5.41, 5.74) is 2.14. The summed E-state index contributed by atoms with van der Waals surface area (Å²) in [4.78, 5) is 3.41. The normalized spacial score (nSPS) is 12.4. The van der Waals surface area contributed by atoms with Crippen LogP contribution in [-0.4, -0.2) is 18.7 Å². The average Bonchev–Trinajstić information content (AvgIpc) is 2.91.